The highest BCUT2D eigenvalue weighted by molar-refractivity contribution is 5.76. The van der Waals surface area contributed by atoms with Crippen molar-refractivity contribution in [1.82, 2.24) is 15.5 Å². The zero-order chi connectivity index (χ0) is 14.7. The Morgan fingerprint density at radius 1 is 1.33 bits per heavy atom. The topological polar surface area (TPSA) is 64.6 Å². The molecule has 1 fully saturated rings. The smallest absolute Gasteiger partial charge is 0.221 e. The van der Waals surface area contributed by atoms with Crippen LogP contribution >= 0.6 is 0 Å². The number of rotatable bonds is 5. The van der Waals surface area contributed by atoms with Gasteiger partial charge in [-0.1, -0.05) is 24.3 Å². The SMILES string of the molecule is O=C(CCN1Cc2ccccc2C1)NC[C@]1(O)CCNC1. The molecular weight excluding hydrogens is 266 g/mol. The van der Waals surface area contributed by atoms with Crippen LogP contribution in [0.5, 0.6) is 0 Å². The summed E-state index contributed by atoms with van der Waals surface area (Å²) < 4.78 is 0. The average molecular weight is 289 g/mol. The third-order valence-electron chi connectivity index (χ3n) is 4.40. The second kappa shape index (κ2) is 6.13. The second-order valence-electron chi connectivity index (χ2n) is 6.16. The number of β-amino-alcohol motifs (C(OH)–C–C–N with tert-alkyl or cyclic N) is 1. The Bertz CT molecular complexity index is 487. The molecule has 2 aliphatic heterocycles. The van der Waals surface area contributed by atoms with E-state index in [1.165, 1.54) is 11.1 Å². The minimum atomic E-state index is -0.764. The van der Waals surface area contributed by atoms with Gasteiger partial charge in [0.05, 0.1) is 5.60 Å². The van der Waals surface area contributed by atoms with Gasteiger partial charge in [0.15, 0.2) is 0 Å². The van der Waals surface area contributed by atoms with Crippen LogP contribution in [0, 0.1) is 0 Å². The molecule has 0 saturated carbocycles. The van der Waals surface area contributed by atoms with Crippen LogP contribution in [-0.2, 0) is 17.9 Å². The molecule has 21 heavy (non-hydrogen) atoms. The molecule has 1 aromatic carbocycles. The number of fused-ring (bicyclic) bond motifs is 1. The van der Waals surface area contributed by atoms with Crippen LogP contribution in [0.4, 0.5) is 0 Å². The molecule has 2 aliphatic rings. The number of hydrogen-bond donors (Lipinski definition) is 3. The quantitative estimate of drug-likeness (QED) is 0.726. The lowest BCUT2D eigenvalue weighted by Crippen LogP contribution is -2.44. The van der Waals surface area contributed by atoms with Gasteiger partial charge in [-0.2, -0.15) is 0 Å². The summed E-state index contributed by atoms with van der Waals surface area (Å²) in [5.74, 6) is 0.0197. The highest BCUT2D eigenvalue weighted by Crippen LogP contribution is 2.22. The number of nitrogens with one attached hydrogen (secondary N) is 2. The number of amides is 1. The maximum absolute atomic E-state index is 11.9. The number of nitrogens with zero attached hydrogens (tertiary/aromatic N) is 1. The first-order valence-corrected chi connectivity index (χ1v) is 7.64. The highest BCUT2D eigenvalue weighted by Gasteiger charge is 2.31. The van der Waals surface area contributed by atoms with Gasteiger partial charge in [-0.15, -0.1) is 0 Å². The van der Waals surface area contributed by atoms with Crippen LogP contribution in [-0.4, -0.2) is 47.7 Å². The van der Waals surface area contributed by atoms with Gasteiger partial charge in [0.25, 0.3) is 0 Å². The summed E-state index contributed by atoms with van der Waals surface area (Å²) in [7, 11) is 0. The minimum Gasteiger partial charge on any atom is -0.387 e. The molecule has 5 heteroatoms. The van der Waals surface area contributed by atoms with E-state index in [0.29, 0.717) is 25.9 Å². The molecule has 3 N–H and O–H groups in total. The van der Waals surface area contributed by atoms with E-state index in [9.17, 15) is 9.90 Å². The fourth-order valence-corrected chi connectivity index (χ4v) is 3.05. The Kier molecular flexibility index (Phi) is 4.24. The van der Waals surface area contributed by atoms with Crippen LogP contribution in [0.25, 0.3) is 0 Å². The van der Waals surface area contributed by atoms with Crippen molar-refractivity contribution in [1.29, 1.82) is 0 Å². The Balaban J connectivity index is 1.39. The molecule has 0 aliphatic carbocycles. The Morgan fingerprint density at radius 3 is 2.67 bits per heavy atom. The lowest BCUT2D eigenvalue weighted by molar-refractivity contribution is -0.122. The van der Waals surface area contributed by atoms with Crippen molar-refractivity contribution in [2.75, 3.05) is 26.2 Å². The maximum Gasteiger partial charge on any atom is 0.221 e. The summed E-state index contributed by atoms with van der Waals surface area (Å²) in [6, 6.07) is 8.42. The van der Waals surface area contributed by atoms with Crippen molar-refractivity contribution < 1.29 is 9.90 Å². The van der Waals surface area contributed by atoms with Crippen LogP contribution in [0.3, 0.4) is 0 Å². The zero-order valence-electron chi connectivity index (χ0n) is 12.3. The Labute approximate surface area is 125 Å². The van der Waals surface area contributed by atoms with E-state index in [-0.39, 0.29) is 5.91 Å². The first-order valence-electron chi connectivity index (χ1n) is 7.64. The molecule has 114 valence electrons. The van der Waals surface area contributed by atoms with Crippen molar-refractivity contribution in [3.8, 4) is 0 Å². The lowest BCUT2D eigenvalue weighted by Gasteiger charge is -2.22. The molecule has 2 heterocycles. The molecule has 1 saturated heterocycles. The fraction of sp³-hybridized carbons (Fsp3) is 0.562. The zero-order valence-corrected chi connectivity index (χ0v) is 12.3. The lowest BCUT2D eigenvalue weighted by atomic mass is 10.0. The van der Waals surface area contributed by atoms with E-state index in [1.54, 1.807) is 0 Å². The first kappa shape index (κ1) is 14.5. The average Bonchev–Trinajstić information content (AvgIpc) is 3.09. The molecular formula is C16H23N3O2. The molecule has 1 atom stereocenters. The van der Waals surface area contributed by atoms with Gasteiger partial charge in [-0.05, 0) is 24.1 Å². The molecule has 0 bridgehead atoms. The van der Waals surface area contributed by atoms with Crippen LogP contribution in [0.1, 0.15) is 24.0 Å². The molecule has 3 rings (SSSR count). The maximum atomic E-state index is 11.9. The summed E-state index contributed by atoms with van der Waals surface area (Å²) in [5.41, 5.74) is 1.97. The summed E-state index contributed by atoms with van der Waals surface area (Å²) in [5, 5.41) is 16.1. The molecule has 0 aromatic heterocycles. The van der Waals surface area contributed by atoms with E-state index in [4.69, 9.17) is 0 Å². The summed E-state index contributed by atoms with van der Waals surface area (Å²) in [6.07, 6.45) is 1.19. The second-order valence-corrected chi connectivity index (χ2v) is 6.16. The van der Waals surface area contributed by atoms with E-state index in [1.807, 2.05) is 0 Å². The number of benzene rings is 1. The van der Waals surface area contributed by atoms with Gasteiger partial charge < -0.3 is 15.7 Å². The summed E-state index contributed by atoms with van der Waals surface area (Å²) in [4.78, 5) is 14.2. The standard InChI is InChI=1S/C16H23N3O2/c20-15(18-12-16(21)6-7-17-11-16)5-8-19-9-13-3-1-2-4-14(13)10-19/h1-4,17,21H,5-12H2,(H,18,20)/t16-/m0/s1. The van der Waals surface area contributed by atoms with Crippen LogP contribution in [0.15, 0.2) is 24.3 Å². The molecule has 5 nitrogen and oxygen atoms in total. The molecule has 1 aromatic rings. The van der Waals surface area contributed by atoms with Crippen LogP contribution in [0.2, 0.25) is 0 Å². The largest absolute Gasteiger partial charge is 0.387 e. The molecule has 0 unspecified atom stereocenters. The number of hydrogen-bond acceptors (Lipinski definition) is 4. The first-order chi connectivity index (χ1) is 10.1. The molecule has 1 amide bonds. The Morgan fingerprint density at radius 2 is 2.05 bits per heavy atom. The van der Waals surface area contributed by atoms with E-state index in [0.717, 1.165) is 26.2 Å². The summed E-state index contributed by atoms with van der Waals surface area (Å²) >= 11 is 0. The van der Waals surface area contributed by atoms with Crippen LogP contribution < -0.4 is 10.6 Å². The summed E-state index contributed by atoms with van der Waals surface area (Å²) in [6.45, 7) is 4.35. The predicted octanol–water partition coefficient (Wildman–Crippen LogP) is 0.233. The van der Waals surface area contributed by atoms with Crippen molar-refractivity contribution in [3.05, 3.63) is 35.4 Å². The normalized spacial score (nSPS) is 25.0. The number of carbonyl (C=O) groups excluding carboxylic acids is 1. The van der Waals surface area contributed by atoms with Gasteiger partial charge in [0.1, 0.15) is 0 Å². The Hall–Kier alpha value is -1.43. The van der Waals surface area contributed by atoms with Gasteiger partial charge >= 0.3 is 0 Å². The molecule has 0 spiro atoms. The van der Waals surface area contributed by atoms with E-state index < -0.39 is 5.60 Å². The molecule has 0 radical (unpaired) electrons. The number of aliphatic hydroxyl groups is 1. The van der Waals surface area contributed by atoms with Crippen molar-refractivity contribution in [2.24, 2.45) is 0 Å². The van der Waals surface area contributed by atoms with E-state index >= 15 is 0 Å². The fourth-order valence-electron chi connectivity index (χ4n) is 3.05. The minimum absolute atomic E-state index is 0.0197. The third-order valence-corrected chi connectivity index (χ3v) is 4.40. The van der Waals surface area contributed by atoms with Crippen molar-refractivity contribution in [3.63, 3.8) is 0 Å². The van der Waals surface area contributed by atoms with Crippen molar-refractivity contribution in [2.45, 2.75) is 31.5 Å². The predicted molar refractivity (Wildman–Crippen MR) is 80.6 cm³/mol. The van der Waals surface area contributed by atoms with E-state index in [2.05, 4.69) is 39.8 Å². The van der Waals surface area contributed by atoms with Crippen molar-refractivity contribution >= 4 is 5.91 Å². The monoisotopic (exact) mass is 289 g/mol. The van der Waals surface area contributed by atoms with Gasteiger partial charge in [-0.3, -0.25) is 9.69 Å². The van der Waals surface area contributed by atoms with Gasteiger partial charge in [0.2, 0.25) is 5.91 Å². The number of carbonyl (C=O) groups is 1. The van der Waals surface area contributed by atoms with Gasteiger partial charge in [0, 0.05) is 39.1 Å². The third kappa shape index (κ3) is 3.61. The van der Waals surface area contributed by atoms with Gasteiger partial charge in [-0.25, -0.2) is 0 Å². The highest BCUT2D eigenvalue weighted by atomic mass is 16.3.